The summed E-state index contributed by atoms with van der Waals surface area (Å²) >= 11 is 0. The molecule has 0 aromatic carbocycles. The van der Waals surface area contributed by atoms with Crippen molar-refractivity contribution in [3.05, 3.63) is 4.13 Å². The van der Waals surface area contributed by atoms with Gasteiger partial charge in [-0.2, -0.15) is 30.3 Å². The van der Waals surface area contributed by atoms with Crippen molar-refractivity contribution in [3.63, 3.8) is 0 Å². The number of hydrogen-bond acceptors (Lipinski definition) is 6. The van der Waals surface area contributed by atoms with Crippen LogP contribution in [0.2, 0.25) is 0 Å². The third-order valence-electron chi connectivity index (χ3n) is 2.77. The number of nitrogens with zero attached hydrogens (tertiary/aromatic N) is 2. The van der Waals surface area contributed by atoms with Gasteiger partial charge in [0.2, 0.25) is 0 Å². The molecular weight excluding hydrogens is 442 g/mol. The lowest BCUT2D eigenvalue weighted by molar-refractivity contribution is -0.165. The van der Waals surface area contributed by atoms with Crippen molar-refractivity contribution in [2.75, 3.05) is 26.0 Å². The van der Waals surface area contributed by atoms with Crippen molar-refractivity contribution in [1.29, 1.82) is 0 Å². The Morgan fingerprint density at radius 2 is 1.35 bits per heavy atom. The van der Waals surface area contributed by atoms with Crippen LogP contribution >= 0.6 is 0 Å². The molecule has 17 heteroatoms. The maximum absolute atomic E-state index is 12.6. The van der Waals surface area contributed by atoms with Gasteiger partial charge in [-0.15, -0.1) is 0 Å². The third kappa shape index (κ3) is 7.16. The highest BCUT2D eigenvalue weighted by Gasteiger charge is 2.62. The molecule has 0 aromatic heterocycles. The zero-order chi connectivity index (χ0) is 21.0. The average molecular weight is 457 g/mol. The zero-order valence-corrected chi connectivity index (χ0v) is 15.5. The van der Waals surface area contributed by atoms with Crippen molar-refractivity contribution < 1.29 is 51.1 Å². The molecule has 0 aliphatic carbocycles. The molecule has 0 bridgehead atoms. The summed E-state index contributed by atoms with van der Waals surface area (Å²) in [5.41, 5.74) is 0. The fourth-order valence-corrected chi connectivity index (χ4v) is 4.50. The van der Waals surface area contributed by atoms with Crippen LogP contribution in [0.1, 0.15) is 19.3 Å². The van der Waals surface area contributed by atoms with Gasteiger partial charge < -0.3 is 4.13 Å². The molecule has 158 valence electrons. The maximum atomic E-state index is 12.6. The lowest BCUT2D eigenvalue weighted by Crippen LogP contribution is -2.48. The maximum Gasteiger partial charge on any atom is 0.394 e. The summed E-state index contributed by atoms with van der Waals surface area (Å²) in [6.07, 6.45) is 2.67. The Hall–Kier alpha value is -0.650. The van der Waals surface area contributed by atoms with Gasteiger partial charge in [-0.3, -0.25) is 0 Å². The minimum absolute atomic E-state index is 0.105. The van der Waals surface area contributed by atoms with E-state index in [2.05, 4.69) is 0 Å². The number of sulfonamides is 2. The molecule has 8 nitrogen and oxygen atoms in total. The van der Waals surface area contributed by atoms with E-state index >= 15 is 0 Å². The van der Waals surface area contributed by atoms with Crippen LogP contribution in [-0.2, 0) is 30.5 Å². The molecule has 0 radical (unpaired) electrons. The molecule has 0 saturated carbocycles. The second kappa shape index (κ2) is 8.57. The molecule has 1 rings (SSSR count). The summed E-state index contributed by atoms with van der Waals surface area (Å²) in [6, 6.07) is 0. The minimum Gasteiger partial charge on any atom is -0.431 e. The first-order valence-corrected chi connectivity index (χ1v) is 11.2. The van der Waals surface area contributed by atoms with Gasteiger partial charge >= 0.3 is 21.6 Å². The van der Waals surface area contributed by atoms with Gasteiger partial charge in [-0.1, -0.05) is 10.3 Å². The van der Waals surface area contributed by atoms with Crippen LogP contribution in [0.4, 0.5) is 25.8 Å². The fourth-order valence-electron chi connectivity index (χ4n) is 1.57. The molecule has 0 amide bonds. The average Bonchev–Trinajstić information content (AvgIpc) is 2.45. The highest BCUT2D eigenvalue weighted by atomic mass is 32.3. The Kier molecular flexibility index (Phi) is 8.36. The highest BCUT2D eigenvalue weighted by molar-refractivity contribution is 8.12. The van der Waals surface area contributed by atoms with E-state index in [0.717, 1.165) is 23.6 Å². The van der Waals surface area contributed by atoms with Crippen LogP contribution in [0.15, 0.2) is 0 Å². The molecular formula is C9H15F6N2O6S3-. The number of alkyl halides is 5. The third-order valence-corrected chi connectivity index (χ3v) is 6.57. The molecule has 1 aliphatic rings. The molecule has 1 saturated heterocycles. The van der Waals surface area contributed by atoms with Gasteiger partial charge in [-0.25, -0.2) is 21.2 Å². The molecule has 0 unspecified atom stereocenters. The Morgan fingerprint density at radius 3 is 1.62 bits per heavy atom. The summed E-state index contributed by atoms with van der Waals surface area (Å²) in [7, 11) is -15.6. The highest BCUT2D eigenvalue weighted by Crippen LogP contribution is 2.42. The summed E-state index contributed by atoms with van der Waals surface area (Å²) in [4.78, 5) is 0. The van der Waals surface area contributed by atoms with Gasteiger partial charge in [0, 0.05) is 19.3 Å². The SMILES string of the molecule is CS(=O)(=O)[N-]S(=O)(=O)C(F)(F)C(F)(F)CF.O=S(=O)(F)N1CCCCC1. The van der Waals surface area contributed by atoms with Crippen LogP contribution in [0.25, 0.3) is 4.13 Å². The molecule has 1 aliphatic heterocycles. The van der Waals surface area contributed by atoms with Crippen molar-refractivity contribution in [2.24, 2.45) is 0 Å². The topological polar surface area (TPSA) is 120 Å². The first kappa shape index (κ1) is 25.4. The van der Waals surface area contributed by atoms with E-state index in [1.54, 1.807) is 4.13 Å². The predicted molar refractivity (Wildman–Crippen MR) is 78.4 cm³/mol. The Morgan fingerprint density at radius 1 is 0.923 bits per heavy atom. The monoisotopic (exact) mass is 457 g/mol. The second-order valence-electron chi connectivity index (χ2n) is 5.04. The van der Waals surface area contributed by atoms with E-state index < -0.39 is 48.3 Å². The van der Waals surface area contributed by atoms with E-state index in [9.17, 15) is 51.1 Å². The van der Waals surface area contributed by atoms with E-state index in [4.69, 9.17) is 0 Å². The second-order valence-corrected chi connectivity index (χ2v) is 9.91. The Bertz CT molecular complexity index is 777. The van der Waals surface area contributed by atoms with Crippen LogP contribution in [0.3, 0.4) is 0 Å². The number of piperidine rings is 1. The van der Waals surface area contributed by atoms with Crippen molar-refractivity contribution in [3.8, 4) is 0 Å². The van der Waals surface area contributed by atoms with Gasteiger partial charge in [0.1, 0.15) is 0 Å². The summed E-state index contributed by atoms with van der Waals surface area (Å²) in [5, 5.41) is -5.93. The standard InChI is InChI=1S/C5H10FNO2S.C4H5F5NO4S2/c6-10(8,9)7-4-2-1-3-5-7;1-15(11,12)10-16(13,14)4(8,9)3(6,7)2-5/h1-5H2;2H2,1H3/q;-1. The van der Waals surface area contributed by atoms with Gasteiger partial charge in [-0.05, 0) is 12.8 Å². The van der Waals surface area contributed by atoms with Crippen molar-refractivity contribution >= 4 is 30.5 Å². The molecule has 26 heavy (non-hydrogen) atoms. The Labute approximate surface area is 147 Å². The molecule has 0 N–H and O–H groups in total. The van der Waals surface area contributed by atoms with E-state index in [1.807, 2.05) is 0 Å². The predicted octanol–water partition coefficient (Wildman–Crippen LogP) is 1.53. The van der Waals surface area contributed by atoms with Gasteiger partial charge in [0.25, 0.3) is 0 Å². The van der Waals surface area contributed by atoms with Crippen LogP contribution in [0.5, 0.6) is 0 Å². The van der Waals surface area contributed by atoms with Gasteiger partial charge in [0.05, 0.1) is 10.0 Å². The van der Waals surface area contributed by atoms with Gasteiger partial charge in [0.15, 0.2) is 16.7 Å². The lowest BCUT2D eigenvalue weighted by Gasteiger charge is -2.29. The lowest BCUT2D eigenvalue weighted by atomic mass is 10.2. The molecule has 1 heterocycles. The van der Waals surface area contributed by atoms with Crippen molar-refractivity contribution in [2.45, 2.75) is 30.4 Å². The summed E-state index contributed by atoms with van der Waals surface area (Å²) < 4.78 is 138. The Balaban J connectivity index is 0.000000531. The quantitative estimate of drug-likeness (QED) is 0.441. The van der Waals surface area contributed by atoms with Crippen LogP contribution < -0.4 is 0 Å². The first-order chi connectivity index (χ1) is 11.4. The molecule has 0 atom stereocenters. The smallest absolute Gasteiger partial charge is 0.394 e. The van der Waals surface area contributed by atoms with Crippen LogP contribution in [0, 0.1) is 0 Å². The molecule has 0 aromatic rings. The summed E-state index contributed by atoms with van der Waals surface area (Å²) in [5.74, 6) is -5.56. The number of hydrogen-bond donors (Lipinski definition) is 0. The zero-order valence-electron chi connectivity index (χ0n) is 13.1. The van der Waals surface area contributed by atoms with Crippen LogP contribution in [-0.4, -0.2) is 66.8 Å². The van der Waals surface area contributed by atoms with E-state index in [0.29, 0.717) is 13.1 Å². The summed E-state index contributed by atoms with van der Waals surface area (Å²) in [6.45, 7) is -2.28. The fraction of sp³-hybridized carbons (Fsp3) is 1.00. The largest absolute Gasteiger partial charge is 0.431 e. The van der Waals surface area contributed by atoms with Crippen molar-refractivity contribution in [1.82, 2.24) is 4.31 Å². The first-order valence-electron chi connectivity index (χ1n) is 6.57. The van der Waals surface area contributed by atoms with E-state index in [-0.39, 0.29) is 6.26 Å². The molecule has 0 spiro atoms. The molecule has 1 fully saturated rings. The minimum atomic E-state index is -6.37. The van der Waals surface area contributed by atoms with E-state index in [1.165, 1.54) is 0 Å². The number of halogens is 6. The normalized spacial score (nSPS) is 18.1. The number of rotatable bonds is 6.